The summed E-state index contributed by atoms with van der Waals surface area (Å²) in [6.07, 6.45) is 0.962. The van der Waals surface area contributed by atoms with Gasteiger partial charge in [-0.05, 0) is 31.4 Å². The molecule has 0 fully saturated rings. The summed E-state index contributed by atoms with van der Waals surface area (Å²) in [6.45, 7) is 12.9. The lowest BCUT2D eigenvalue weighted by atomic mass is 9.87. The van der Waals surface area contributed by atoms with Gasteiger partial charge in [-0.1, -0.05) is 27.7 Å². The third-order valence-electron chi connectivity index (χ3n) is 2.67. The largest absolute Gasteiger partial charge is 0.155 e. The Morgan fingerprint density at radius 1 is 1.00 bits per heavy atom. The van der Waals surface area contributed by atoms with Gasteiger partial charge in [0, 0.05) is 5.41 Å². The van der Waals surface area contributed by atoms with Gasteiger partial charge < -0.3 is 0 Å². The molecule has 14 heavy (non-hydrogen) atoms. The molecule has 0 radical (unpaired) electrons. The normalized spacial score (nSPS) is 11.9. The van der Waals surface area contributed by atoms with Crippen LogP contribution in [-0.2, 0) is 11.8 Å². The fourth-order valence-electron chi connectivity index (χ4n) is 1.70. The highest BCUT2D eigenvalue weighted by molar-refractivity contribution is 5.33. The maximum absolute atomic E-state index is 4.33. The molecule has 0 N–H and O–H groups in total. The smallest absolute Gasteiger partial charge is 0.0716 e. The first-order valence-electron chi connectivity index (χ1n) is 5.21. The molecular weight excluding hydrogens is 172 g/mol. The molecule has 0 unspecified atom stereocenters. The average molecular weight is 192 g/mol. The van der Waals surface area contributed by atoms with E-state index in [9.17, 15) is 0 Å². The Bertz CT molecular complexity index is 335. The maximum Gasteiger partial charge on any atom is 0.0716 e. The van der Waals surface area contributed by atoms with Crippen LogP contribution in [0.5, 0.6) is 0 Å². The summed E-state index contributed by atoms with van der Waals surface area (Å²) < 4.78 is 0. The number of hydrogen-bond donors (Lipinski definition) is 0. The Kier molecular flexibility index (Phi) is 2.93. The van der Waals surface area contributed by atoms with E-state index in [4.69, 9.17) is 0 Å². The van der Waals surface area contributed by atoms with Crippen molar-refractivity contribution < 1.29 is 0 Å². The zero-order valence-corrected chi connectivity index (χ0v) is 10.1. The van der Waals surface area contributed by atoms with Crippen molar-refractivity contribution in [3.63, 3.8) is 0 Å². The second-order valence-corrected chi connectivity index (χ2v) is 4.85. The van der Waals surface area contributed by atoms with E-state index in [2.05, 4.69) is 51.7 Å². The first-order chi connectivity index (χ1) is 6.38. The third-order valence-corrected chi connectivity index (χ3v) is 2.67. The molecule has 2 heteroatoms. The Labute approximate surface area is 86.8 Å². The topological polar surface area (TPSA) is 25.8 Å². The molecule has 0 aliphatic rings. The lowest BCUT2D eigenvalue weighted by molar-refractivity contribution is 0.549. The minimum absolute atomic E-state index is 0.0914. The van der Waals surface area contributed by atoms with Gasteiger partial charge in [-0.15, -0.1) is 0 Å². The number of aryl methyl sites for hydroxylation is 1. The van der Waals surface area contributed by atoms with E-state index in [-0.39, 0.29) is 5.41 Å². The molecule has 1 aromatic heterocycles. The van der Waals surface area contributed by atoms with Gasteiger partial charge in [-0.2, -0.15) is 10.2 Å². The minimum Gasteiger partial charge on any atom is -0.155 e. The molecule has 0 aliphatic heterocycles. The van der Waals surface area contributed by atoms with Crippen LogP contribution in [0, 0.1) is 13.8 Å². The Hall–Kier alpha value is -0.920. The second-order valence-electron chi connectivity index (χ2n) is 4.85. The Balaban J connectivity index is 3.31. The summed E-state index contributed by atoms with van der Waals surface area (Å²) in [4.78, 5) is 0. The third kappa shape index (κ3) is 1.94. The summed E-state index contributed by atoms with van der Waals surface area (Å²) in [6, 6.07) is 0. The molecule has 0 aromatic carbocycles. The van der Waals surface area contributed by atoms with Crippen LogP contribution in [0.2, 0.25) is 0 Å². The van der Waals surface area contributed by atoms with Crippen molar-refractivity contribution in [2.24, 2.45) is 0 Å². The predicted octanol–water partition coefficient (Wildman–Crippen LogP) is 2.95. The summed E-state index contributed by atoms with van der Waals surface area (Å²) in [5.74, 6) is 0. The van der Waals surface area contributed by atoms with E-state index < -0.39 is 0 Å². The predicted molar refractivity (Wildman–Crippen MR) is 59.6 cm³/mol. The molecule has 0 atom stereocenters. The van der Waals surface area contributed by atoms with Gasteiger partial charge in [0.05, 0.1) is 11.4 Å². The zero-order valence-electron chi connectivity index (χ0n) is 10.1. The molecule has 0 spiro atoms. The highest BCUT2D eigenvalue weighted by Gasteiger charge is 2.20. The van der Waals surface area contributed by atoms with Crippen LogP contribution in [0.25, 0.3) is 0 Å². The first-order valence-corrected chi connectivity index (χ1v) is 5.21. The molecule has 0 aliphatic carbocycles. The SMILES string of the molecule is CCc1nnc(C(C)(C)C)c(C)c1C. The van der Waals surface area contributed by atoms with E-state index in [0.29, 0.717) is 0 Å². The van der Waals surface area contributed by atoms with Crippen LogP contribution in [0.15, 0.2) is 0 Å². The zero-order chi connectivity index (χ0) is 10.9. The molecular formula is C12H20N2. The van der Waals surface area contributed by atoms with Gasteiger partial charge in [-0.3, -0.25) is 0 Å². The Morgan fingerprint density at radius 2 is 1.57 bits per heavy atom. The summed E-state index contributed by atoms with van der Waals surface area (Å²) in [7, 11) is 0. The molecule has 0 bridgehead atoms. The van der Waals surface area contributed by atoms with Gasteiger partial charge in [0.15, 0.2) is 0 Å². The van der Waals surface area contributed by atoms with E-state index in [1.165, 1.54) is 11.1 Å². The van der Waals surface area contributed by atoms with Gasteiger partial charge >= 0.3 is 0 Å². The van der Waals surface area contributed by atoms with Crippen molar-refractivity contribution in [2.45, 2.75) is 53.4 Å². The quantitative estimate of drug-likeness (QED) is 0.683. The van der Waals surface area contributed by atoms with E-state index in [1.54, 1.807) is 0 Å². The van der Waals surface area contributed by atoms with Crippen LogP contribution >= 0.6 is 0 Å². The van der Waals surface area contributed by atoms with Gasteiger partial charge in [-0.25, -0.2) is 0 Å². The maximum atomic E-state index is 4.33. The first kappa shape index (κ1) is 11.2. The van der Waals surface area contributed by atoms with Crippen LogP contribution in [0.4, 0.5) is 0 Å². The second kappa shape index (κ2) is 3.68. The summed E-state index contributed by atoms with van der Waals surface area (Å²) in [5.41, 5.74) is 4.92. The van der Waals surface area contributed by atoms with Gasteiger partial charge in [0.25, 0.3) is 0 Å². The monoisotopic (exact) mass is 192 g/mol. The van der Waals surface area contributed by atoms with Crippen LogP contribution in [0.3, 0.4) is 0 Å². The number of rotatable bonds is 1. The van der Waals surface area contributed by atoms with Gasteiger partial charge in [0.2, 0.25) is 0 Å². The molecule has 2 nitrogen and oxygen atoms in total. The molecule has 1 aromatic rings. The summed E-state index contributed by atoms with van der Waals surface area (Å²) in [5, 5.41) is 8.61. The fourth-order valence-corrected chi connectivity index (χ4v) is 1.70. The van der Waals surface area contributed by atoms with Gasteiger partial charge in [0.1, 0.15) is 0 Å². The molecule has 1 heterocycles. The van der Waals surface area contributed by atoms with Crippen molar-refractivity contribution in [3.8, 4) is 0 Å². The molecule has 0 saturated carbocycles. The van der Waals surface area contributed by atoms with E-state index in [0.717, 1.165) is 17.8 Å². The average Bonchev–Trinajstić information content (AvgIpc) is 2.07. The molecule has 0 saturated heterocycles. The lowest BCUT2D eigenvalue weighted by Crippen LogP contribution is -2.18. The molecule has 1 rings (SSSR count). The highest BCUT2D eigenvalue weighted by atomic mass is 15.1. The minimum atomic E-state index is 0.0914. The fraction of sp³-hybridized carbons (Fsp3) is 0.667. The number of aromatic nitrogens is 2. The lowest BCUT2D eigenvalue weighted by Gasteiger charge is -2.21. The number of nitrogens with zero attached hydrogens (tertiary/aromatic N) is 2. The molecule has 78 valence electrons. The highest BCUT2D eigenvalue weighted by Crippen LogP contribution is 2.25. The van der Waals surface area contributed by atoms with Crippen LogP contribution in [-0.4, -0.2) is 10.2 Å². The van der Waals surface area contributed by atoms with Crippen molar-refractivity contribution in [2.75, 3.05) is 0 Å². The van der Waals surface area contributed by atoms with Crippen LogP contribution in [0.1, 0.15) is 50.2 Å². The molecule has 0 amide bonds. The number of hydrogen-bond acceptors (Lipinski definition) is 2. The Morgan fingerprint density at radius 3 is 2.00 bits per heavy atom. The van der Waals surface area contributed by atoms with Crippen molar-refractivity contribution in [1.29, 1.82) is 0 Å². The van der Waals surface area contributed by atoms with Crippen molar-refractivity contribution >= 4 is 0 Å². The standard InChI is InChI=1S/C12H20N2/c1-7-10-8(2)9(3)11(14-13-10)12(4,5)6/h7H2,1-6H3. The summed E-state index contributed by atoms with van der Waals surface area (Å²) >= 11 is 0. The van der Waals surface area contributed by atoms with E-state index >= 15 is 0 Å². The van der Waals surface area contributed by atoms with Crippen LogP contribution < -0.4 is 0 Å². The van der Waals surface area contributed by atoms with Crippen molar-refractivity contribution in [3.05, 3.63) is 22.5 Å². The van der Waals surface area contributed by atoms with E-state index in [1.807, 2.05) is 0 Å². The van der Waals surface area contributed by atoms with Crippen molar-refractivity contribution in [1.82, 2.24) is 10.2 Å².